The van der Waals surface area contributed by atoms with Gasteiger partial charge in [0.25, 0.3) is 0 Å². The number of rotatable bonds is 7. The van der Waals surface area contributed by atoms with Gasteiger partial charge in [-0.15, -0.1) is 0 Å². The molecule has 1 fully saturated rings. The van der Waals surface area contributed by atoms with E-state index in [0.717, 1.165) is 30.8 Å². The van der Waals surface area contributed by atoms with Crippen LogP contribution in [0.5, 0.6) is 17.2 Å². The third-order valence-electron chi connectivity index (χ3n) is 6.77. The topological polar surface area (TPSA) is 65.7 Å². The smallest absolute Gasteiger partial charge is 0.150 e. The molecule has 36 heavy (non-hydrogen) atoms. The second-order valence-electron chi connectivity index (χ2n) is 9.22. The van der Waals surface area contributed by atoms with Crippen LogP contribution in [0.15, 0.2) is 60.7 Å². The van der Waals surface area contributed by atoms with Crippen LogP contribution in [0.25, 0.3) is 11.1 Å². The Kier molecular flexibility index (Phi) is 6.62. The second-order valence-corrected chi connectivity index (χ2v) is 9.22. The van der Waals surface area contributed by atoms with Crippen molar-refractivity contribution < 1.29 is 23.4 Å². The Balaban J connectivity index is 1.43. The summed E-state index contributed by atoms with van der Waals surface area (Å²) in [5.74, 6) is 1.06. The van der Waals surface area contributed by atoms with E-state index in [-0.39, 0.29) is 23.9 Å². The first-order valence-corrected chi connectivity index (χ1v) is 11.9. The van der Waals surface area contributed by atoms with E-state index in [4.69, 9.17) is 9.47 Å². The fraction of sp³-hybridized carbons (Fsp3) is 0.276. The number of hydrogen-bond acceptors (Lipinski definition) is 5. The first kappa shape index (κ1) is 23.8. The van der Waals surface area contributed by atoms with Crippen LogP contribution >= 0.6 is 0 Å². The summed E-state index contributed by atoms with van der Waals surface area (Å²) in [7, 11) is 0. The van der Waals surface area contributed by atoms with Crippen LogP contribution in [0.3, 0.4) is 0 Å². The van der Waals surface area contributed by atoms with Gasteiger partial charge in [0, 0.05) is 42.3 Å². The average Bonchev–Trinajstić information content (AvgIpc) is 2.87. The molecule has 2 aliphatic heterocycles. The van der Waals surface area contributed by atoms with Crippen molar-refractivity contribution >= 4 is 11.1 Å². The van der Waals surface area contributed by atoms with Gasteiger partial charge in [-0.3, -0.25) is 9.29 Å². The summed E-state index contributed by atoms with van der Waals surface area (Å²) in [5.41, 5.74) is 3.45. The first-order valence-electron chi connectivity index (χ1n) is 11.9. The van der Waals surface area contributed by atoms with Crippen molar-refractivity contribution in [2.75, 3.05) is 32.9 Å². The molecule has 0 aromatic heterocycles. The molecule has 1 atom stereocenters. The molecule has 1 unspecified atom stereocenters. The summed E-state index contributed by atoms with van der Waals surface area (Å²) in [6, 6.07) is 18.6. The molecule has 1 saturated heterocycles. The molecule has 2 heterocycles. The lowest BCUT2D eigenvalue weighted by Crippen LogP contribution is -2.49. The molecule has 3 aromatic carbocycles. The summed E-state index contributed by atoms with van der Waals surface area (Å²) in [6.45, 7) is 4.39. The Hall–Kier alpha value is -3.89. The van der Waals surface area contributed by atoms with Crippen LogP contribution in [-0.2, 0) is 0 Å². The molecule has 3 aromatic rings. The van der Waals surface area contributed by atoms with Crippen LogP contribution in [0.4, 0.5) is 8.78 Å². The van der Waals surface area contributed by atoms with E-state index >= 15 is 4.39 Å². The third kappa shape index (κ3) is 4.65. The highest BCUT2D eigenvalue weighted by Crippen LogP contribution is 2.48. The fourth-order valence-electron chi connectivity index (χ4n) is 4.81. The predicted molar refractivity (Wildman–Crippen MR) is 133 cm³/mol. The van der Waals surface area contributed by atoms with Crippen molar-refractivity contribution in [1.29, 1.82) is 5.26 Å². The molecule has 184 valence electrons. The predicted octanol–water partition coefficient (Wildman–Crippen LogP) is 5.75. The van der Waals surface area contributed by atoms with Gasteiger partial charge in [-0.05, 0) is 66.6 Å². The van der Waals surface area contributed by atoms with Gasteiger partial charge in [-0.2, -0.15) is 5.26 Å². The standard InChI is InChI=1S/C29H26F2N2O3/c1-18-24-13-22(34)5-9-27(24)36-29(28(18)25-12-19(15-32)2-8-26(25)31)21-3-6-23(7-4-21)35-11-10-33-16-20(14-30)17-33/h2-9,12-13,20,29,34H,10-11,14,16-17H2,1H3. The Morgan fingerprint density at radius 2 is 1.86 bits per heavy atom. The maximum absolute atomic E-state index is 15.1. The maximum Gasteiger partial charge on any atom is 0.150 e. The summed E-state index contributed by atoms with van der Waals surface area (Å²) >= 11 is 0. The quantitative estimate of drug-likeness (QED) is 0.459. The zero-order valence-corrected chi connectivity index (χ0v) is 19.9. The Labute approximate surface area is 208 Å². The van der Waals surface area contributed by atoms with E-state index < -0.39 is 11.9 Å². The molecular weight excluding hydrogens is 462 g/mol. The molecule has 0 spiro atoms. The summed E-state index contributed by atoms with van der Waals surface area (Å²) in [6.07, 6.45) is -0.627. The fourth-order valence-corrected chi connectivity index (χ4v) is 4.81. The second kappa shape index (κ2) is 10.00. The normalized spacial score (nSPS) is 17.7. The van der Waals surface area contributed by atoms with E-state index in [1.807, 2.05) is 31.2 Å². The number of phenols is 1. The number of hydrogen-bond donors (Lipinski definition) is 1. The SMILES string of the molecule is CC1=C(c2cc(C#N)ccc2F)C(c2ccc(OCCN3CC(CF)C3)cc2)Oc2ccc(O)cc21. The monoisotopic (exact) mass is 488 g/mol. The Morgan fingerprint density at radius 1 is 1.08 bits per heavy atom. The lowest BCUT2D eigenvalue weighted by atomic mass is 9.85. The van der Waals surface area contributed by atoms with Crippen molar-refractivity contribution in [3.8, 4) is 23.3 Å². The number of nitriles is 1. The van der Waals surface area contributed by atoms with Gasteiger partial charge in [-0.25, -0.2) is 4.39 Å². The van der Waals surface area contributed by atoms with Crippen molar-refractivity contribution in [1.82, 2.24) is 4.90 Å². The third-order valence-corrected chi connectivity index (χ3v) is 6.77. The van der Waals surface area contributed by atoms with Crippen LogP contribution in [0.1, 0.15) is 35.3 Å². The Morgan fingerprint density at radius 3 is 2.58 bits per heavy atom. The van der Waals surface area contributed by atoms with Crippen LogP contribution < -0.4 is 9.47 Å². The highest BCUT2D eigenvalue weighted by Gasteiger charge is 2.31. The zero-order valence-electron chi connectivity index (χ0n) is 19.9. The number of halogens is 2. The van der Waals surface area contributed by atoms with E-state index in [0.29, 0.717) is 34.8 Å². The zero-order chi connectivity index (χ0) is 25.2. The summed E-state index contributed by atoms with van der Waals surface area (Å²) < 4.78 is 39.9. The molecule has 5 nitrogen and oxygen atoms in total. The van der Waals surface area contributed by atoms with Crippen LogP contribution in [0, 0.1) is 23.1 Å². The van der Waals surface area contributed by atoms with E-state index in [9.17, 15) is 14.8 Å². The summed E-state index contributed by atoms with van der Waals surface area (Å²) in [5, 5.41) is 19.4. The highest BCUT2D eigenvalue weighted by molar-refractivity contribution is 5.96. The Bertz CT molecular complexity index is 1340. The number of aromatic hydroxyl groups is 1. The van der Waals surface area contributed by atoms with Crippen molar-refractivity contribution in [3.63, 3.8) is 0 Å². The lowest BCUT2D eigenvalue weighted by molar-refractivity contribution is 0.0668. The average molecular weight is 489 g/mol. The minimum absolute atomic E-state index is 0.0840. The molecule has 0 saturated carbocycles. The molecule has 1 N–H and O–H groups in total. The van der Waals surface area contributed by atoms with Gasteiger partial charge >= 0.3 is 0 Å². The number of likely N-dealkylation sites (tertiary alicyclic amines) is 1. The van der Waals surface area contributed by atoms with Crippen LogP contribution in [-0.4, -0.2) is 42.9 Å². The number of benzene rings is 3. The molecular formula is C29H26F2N2O3. The van der Waals surface area contributed by atoms with Gasteiger partial charge in [0.05, 0.1) is 18.3 Å². The number of alkyl halides is 1. The molecule has 2 aliphatic rings. The first-order chi connectivity index (χ1) is 17.5. The van der Waals surface area contributed by atoms with Gasteiger partial charge in [-0.1, -0.05) is 12.1 Å². The van der Waals surface area contributed by atoms with Crippen molar-refractivity contribution in [3.05, 3.63) is 88.7 Å². The van der Waals surface area contributed by atoms with Gasteiger partial charge in [0.2, 0.25) is 0 Å². The highest BCUT2D eigenvalue weighted by atomic mass is 19.1. The molecule has 7 heteroatoms. The minimum atomic E-state index is -0.627. The maximum atomic E-state index is 15.1. The van der Waals surface area contributed by atoms with Gasteiger partial charge in [0.1, 0.15) is 35.8 Å². The van der Waals surface area contributed by atoms with E-state index in [2.05, 4.69) is 11.0 Å². The lowest BCUT2D eigenvalue weighted by Gasteiger charge is -2.37. The van der Waals surface area contributed by atoms with Crippen LogP contribution in [0.2, 0.25) is 0 Å². The van der Waals surface area contributed by atoms with E-state index in [1.54, 1.807) is 18.2 Å². The van der Waals surface area contributed by atoms with Crippen molar-refractivity contribution in [2.45, 2.75) is 13.0 Å². The molecule has 0 aliphatic carbocycles. The van der Waals surface area contributed by atoms with Crippen molar-refractivity contribution in [2.24, 2.45) is 5.92 Å². The molecule has 0 radical (unpaired) electrons. The van der Waals surface area contributed by atoms with Gasteiger partial charge < -0.3 is 14.6 Å². The molecule has 5 rings (SSSR count). The minimum Gasteiger partial charge on any atom is -0.508 e. The number of phenolic OH excluding ortho intramolecular Hbond substituents is 1. The number of nitrogens with zero attached hydrogens (tertiary/aromatic N) is 2. The number of ether oxygens (including phenoxy) is 2. The van der Waals surface area contributed by atoms with Gasteiger partial charge in [0.15, 0.2) is 0 Å². The van der Waals surface area contributed by atoms with E-state index in [1.165, 1.54) is 18.2 Å². The summed E-state index contributed by atoms with van der Waals surface area (Å²) in [4.78, 5) is 2.16. The number of fused-ring (bicyclic) bond motifs is 1. The number of allylic oxidation sites excluding steroid dienone is 1. The molecule has 0 amide bonds. The molecule has 0 bridgehead atoms. The largest absolute Gasteiger partial charge is 0.508 e.